The first-order chi connectivity index (χ1) is 10.1. The van der Waals surface area contributed by atoms with Crippen LogP contribution >= 0.6 is 0 Å². The molecule has 0 saturated carbocycles. The van der Waals surface area contributed by atoms with Crippen LogP contribution in [0.25, 0.3) is 10.9 Å². The summed E-state index contributed by atoms with van der Waals surface area (Å²) < 4.78 is 10.9. The highest BCUT2D eigenvalue weighted by atomic mass is 16.7. The van der Waals surface area contributed by atoms with Gasteiger partial charge in [-0.1, -0.05) is 18.2 Å². The molecule has 0 radical (unpaired) electrons. The number of pyridine rings is 1. The van der Waals surface area contributed by atoms with Crippen molar-refractivity contribution < 1.29 is 14.3 Å². The number of aromatic amines is 1. The predicted molar refractivity (Wildman–Crippen MR) is 77.2 cm³/mol. The number of amides is 1. The van der Waals surface area contributed by atoms with E-state index in [9.17, 15) is 9.59 Å². The van der Waals surface area contributed by atoms with Gasteiger partial charge in [0, 0.05) is 17.0 Å². The largest absolute Gasteiger partial charge is 0.347 e. The van der Waals surface area contributed by atoms with Crippen molar-refractivity contribution in [3.05, 3.63) is 46.2 Å². The molecule has 6 nitrogen and oxygen atoms in total. The molecule has 0 atom stereocenters. The van der Waals surface area contributed by atoms with Crippen LogP contribution in [0.15, 0.2) is 35.1 Å². The fourth-order valence-corrected chi connectivity index (χ4v) is 2.39. The van der Waals surface area contributed by atoms with Crippen molar-refractivity contribution in [2.75, 3.05) is 19.8 Å². The molecule has 0 bridgehead atoms. The van der Waals surface area contributed by atoms with E-state index in [-0.39, 0.29) is 18.0 Å². The third-order valence-electron chi connectivity index (χ3n) is 3.46. The average molecular weight is 288 g/mol. The summed E-state index contributed by atoms with van der Waals surface area (Å²) in [5.74, 6) is -1.12. The zero-order valence-electron chi connectivity index (χ0n) is 11.6. The highest BCUT2D eigenvalue weighted by Crippen LogP contribution is 2.18. The molecule has 2 heterocycles. The predicted octanol–water partition coefficient (Wildman–Crippen LogP) is 1.02. The van der Waals surface area contributed by atoms with Gasteiger partial charge in [-0.05, 0) is 13.0 Å². The fourth-order valence-electron chi connectivity index (χ4n) is 2.39. The van der Waals surface area contributed by atoms with Gasteiger partial charge in [-0.3, -0.25) is 9.59 Å². The summed E-state index contributed by atoms with van der Waals surface area (Å²) in [4.78, 5) is 26.7. The number of ether oxygens (including phenoxy) is 2. The number of carbonyl (C=O) groups is 1. The Bertz CT molecular complexity index is 732. The van der Waals surface area contributed by atoms with Gasteiger partial charge in [0.05, 0.1) is 25.3 Å². The molecule has 1 amide bonds. The summed E-state index contributed by atoms with van der Waals surface area (Å²) in [6.07, 6.45) is 0. The zero-order chi connectivity index (χ0) is 14.9. The lowest BCUT2D eigenvalue weighted by molar-refractivity contribution is -0.136. The Morgan fingerprint density at radius 2 is 2.05 bits per heavy atom. The molecule has 2 N–H and O–H groups in total. The van der Waals surface area contributed by atoms with Crippen LogP contribution in [0.3, 0.4) is 0 Å². The van der Waals surface area contributed by atoms with Crippen LogP contribution in [-0.4, -0.2) is 36.4 Å². The Hall–Kier alpha value is -2.18. The summed E-state index contributed by atoms with van der Waals surface area (Å²) in [6.45, 7) is 3.03. The first-order valence-electron chi connectivity index (χ1n) is 6.76. The quantitative estimate of drug-likeness (QED) is 0.883. The second kappa shape index (κ2) is 5.31. The highest BCUT2D eigenvalue weighted by Gasteiger charge is 2.31. The van der Waals surface area contributed by atoms with Crippen molar-refractivity contribution >= 4 is 16.8 Å². The molecule has 1 aromatic heterocycles. The first-order valence-corrected chi connectivity index (χ1v) is 6.76. The van der Waals surface area contributed by atoms with E-state index in [4.69, 9.17) is 9.47 Å². The second-order valence-electron chi connectivity index (χ2n) is 5.11. The van der Waals surface area contributed by atoms with Crippen molar-refractivity contribution in [2.24, 2.45) is 0 Å². The summed E-state index contributed by atoms with van der Waals surface area (Å²) in [6, 6.07) is 8.49. The van der Waals surface area contributed by atoms with E-state index in [0.29, 0.717) is 29.7 Å². The monoisotopic (exact) mass is 288 g/mol. The number of benzene rings is 1. The van der Waals surface area contributed by atoms with Crippen molar-refractivity contribution in [2.45, 2.75) is 12.7 Å². The Labute approximate surface area is 121 Å². The first kappa shape index (κ1) is 13.8. The lowest BCUT2D eigenvalue weighted by Gasteiger charge is -2.22. The standard InChI is InChI=1S/C15H16N2O4/c1-15(20-6-7-21-15)9-16-14(19)11-8-13(18)17-12-5-3-2-4-10(11)12/h2-5,8H,6-7,9H2,1H3,(H,16,19)(H,17,18). The van der Waals surface area contributed by atoms with Gasteiger partial charge in [-0.15, -0.1) is 0 Å². The normalized spacial score (nSPS) is 17.0. The van der Waals surface area contributed by atoms with E-state index in [0.717, 1.165) is 0 Å². The van der Waals surface area contributed by atoms with Gasteiger partial charge in [0.1, 0.15) is 0 Å². The number of aromatic nitrogens is 1. The van der Waals surface area contributed by atoms with Gasteiger partial charge in [-0.25, -0.2) is 0 Å². The van der Waals surface area contributed by atoms with E-state index in [1.54, 1.807) is 25.1 Å². The van der Waals surface area contributed by atoms with Crippen molar-refractivity contribution in [1.82, 2.24) is 10.3 Å². The lowest BCUT2D eigenvalue weighted by atomic mass is 10.1. The number of hydrogen-bond donors (Lipinski definition) is 2. The molecule has 1 fully saturated rings. The molecular formula is C15H16N2O4. The van der Waals surface area contributed by atoms with Crippen molar-refractivity contribution in [1.29, 1.82) is 0 Å². The number of hydrogen-bond acceptors (Lipinski definition) is 4. The molecule has 0 aliphatic carbocycles. The third kappa shape index (κ3) is 2.81. The molecule has 110 valence electrons. The van der Waals surface area contributed by atoms with Gasteiger partial charge in [0.25, 0.3) is 5.91 Å². The molecule has 1 aliphatic rings. The van der Waals surface area contributed by atoms with Crippen LogP contribution in [0.5, 0.6) is 0 Å². The van der Waals surface area contributed by atoms with Crippen LogP contribution in [0.2, 0.25) is 0 Å². The Morgan fingerprint density at radius 3 is 2.81 bits per heavy atom. The maximum Gasteiger partial charge on any atom is 0.252 e. The number of nitrogens with one attached hydrogen (secondary N) is 2. The maximum absolute atomic E-state index is 12.3. The number of rotatable bonds is 3. The third-order valence-corrected chi connectivity index (χ3v) is 3.46. The zero-order valence-corrected chi connectivity index (χ0v) is 11.6. The molecular weight excluding hydrogens is 272 g/mol. The molecule has 1 saturated heterocycles. The van der Waals surface area contributed by atoms with E-state index in [1.807, 2.05) is 6.07 Å². The maximum atomic E-state index is 12.3. The minimum atomic E-state index is -0.799. The van der Waals surface area contributed by atoms with Gasteiger partial charge in [-0.2, -0.15) is 0 Å². The van der Waals surface area contributed by atoms with Crippen LogP contribution < -0.4 is 10.9 Å². The van der Waals surface area contributed by atoms with Crippen molar-refractivity contribution in [3.63, 3.8) is 0 Å². The summed E-state index contributed by atoms with van der Waals surface area (Å²) in [5, 5.41) is 3.46. The van der Waals surface area contributed by atoms with E-state index < -0.39 is 5.79 Å². The van der Waals surface area contributed by atoms with Crippen LogP contribution in [0, 0.1) is 0 Å². The van der Waals surface area contributed by atoms with Crippen LogP contribution in [0.1, 0.15) is 17.3 Å². The minimum Gasteiger partial charge on any atom is -0.347 e. The molecule has 1 aromatic carbocycles. The topological polar surface area (TPSA) is 80.4 Å². The Morgan fingerprint density at radius 1 is 1.33 bits per heavy atom. The smallest absolute Gasteiger partial charge is 0.252 e. The highest BCUT2D eigenvalue weighted by molar-refractivity contribution is 6.05. The molecule has 2 aromatic rings. The average Bonchev–Trinajstić information content (AvgIpc) is 2.91. The SMILES string of the molecule is CC1(CNC(=O)c2cc(=O)[nH]c3ccccc23)OCCO1. The van der Waals surface area contributed by atoms with Crippen LogP contribution in [-0.2, 0) is 9.47 Å². The fraction of sp³-hybridized carbons (Fsp3) is 0.333. The second-order valence-corrected chi connectivity index (χ2v) is 5.11. The molecule has 21 heavy (non-hydrogen) atoms. The Balaban J connectivity index is 1.86. The molecule has 3 rings (SSSR count). The molecule has 0 spiro atoms. The number of carbonyl (C=O) groups excluding carboxylic acids is 1. The lowest BCUT2D eigenvalue weighted by Crippen LogP contribution is -2.41. The number of fused-ring (bicyclic) bond motifs is 1. The van der Waals surface area contributed by atoms with E-state index >= 15 is 0 Å². The summed E-state index contributed by atoms with van der Waals surface area (Å²) in [5.41, 5.74) is 0.670. The van der Waals surface area contributed by atoms with Crippen LogP contribution in [0.4, 0.5) is 0 Å². The summed E-state index contributed by atoms with van der Waals surface area (Å²) >= 11 is 0. The molecule has 0 unspecified atom stereocenters. The van der Waals surface area contributed by atoms with Gasteiger partial charge in [0.2, 0.25) is 5.56 Å². The Kier molecular flexibility index (Phi) is 3.48. The molecule has 1 aliphatic heterocycles. The molecule has 6 heteroatoms. The van der Waals surface area contributed by atoms with E-state index in [1.165, 1.54) is 6.07 Å². The van der Waals surface area contributed by atoms with Gasteiger partial charge < -0.3 is 19.8 Å². The van der Waals surface area contributed by atoms with Crippen molar-refractivity contribution in [3.8, 4) is 0 Å². The minimum absolute atomic E-state index is 0.229. The number of H-pyrrole nitrogens is 1. The van der Waals surface area contributed by atoms with Gasteiger partial charge >= 0.3 is 0 Å². The van der Waals surface area contributed by atoms with E-state index in [2.05, 4.69) is 10.3 Å². The van der Waals surface area contributed by atoms with Gasteiger partial charge in [0.15, 0.2) is 5.79 Å². The summed E-state index contributed by atoms with van der Waals surface area (Å²) in [7, 11) is 0. The number of para-hydroxylation sites is 1.